The first kappa shape index (κ1) is 13.1. The topological polar surface area (TPSA) is 15.8 Å². The Morgan fingerprint density at radius 2 is 2.12 bits per heavy atom. The van der Waals surface area contributed by atoms with Gasteiger partial charge in [-0.3, -0.25) is 0 Å². The first-order valence-electron chi connectivity index (χ1n) is 6.94. The number of ether oxygens (including phenoxy) is 1. The lowest BCUT2D eigenvalue weighted by Crippen LogP contribution is -2.39. The van der Waals surface area contributed by atoms with Gasteiger partial charge < -0.3 is 9.64 Å². The molecule has 1 fully saturated rings. The van der Waals surface area contributed by atoms with Crippen molar-refractivity contribution in [3.8, 4) is 0 Å². The average molecular weight is 237 g/mol. The van der Waals surface area contributed by atoms with Crippen LogP contribution in [0.4, 0.5) is 0 Å². The summed E-state index contributed by atoms with van der Waals surface area (Å²) in [5.74, 6) is 0.727. The maximum atomic E-state index is 5.49. The van der Waals surface area contributed by atoms with E-state index in [-0.39, 0.29) is 5.60 Å². The van der Waals surface area contributed by atoms with E-state index < -0.39 is 0 Å². The van der Waals surface area contributed by atoms with E-state index >= 15 is 0 Å². The molecule has 2 atom stereocenters. The molecule has 1 heterocycles. The summed E-state index contributed by atoms with van der Waals surface area (Å²) in [4.78, 5) is 2.51. The van der Waals surface area contributed by atoms with E-state index in [0.29, 0.717) is 0 Å². The van der Waals surface area contributed by atoms with Gasteiger partial charge in [-0.05, 0) is 46.1 Å². The van der Waals surface area contributed by atoms with Crippen LogP contribution in [0.15, 0.2) is 11.1 Å². The lowest BCUT2D eigenvalue weighted by molar-refractivity contribution is 0.166. The smallest absolute Gasteiger partial charge is 0.101 e. The van der Waals surface area contributed by atoms with E-state index in [1.807, 2.05) is 0 Å². The Hall–Kier alpha value is -0.340. The van der Waals surface area contributed by atoms with Gasteiger partial charge in [-0.25, -0.2) is 0 Å². The van der Waals surface area contributed by atoms with Gasteiger partial charge in [-0.1, -0.05) is 25.0 Å². The molecule has 0 N–H and O–H groups in total. The molecule has 1 saturated heterocycles. The molecule has 1 aliphatic carbocycles. The molecule has 0 aromatic rings. The van der Waals surface area contributed by atoms with Crippen molar-refractivity contribution in [2.24, 2.45) is 5.92 Å². The predicted octanol–water partition coefficient (Wildman–Crippen LogP) is 3.23. The summed E-state index contributed by atoms with van der Waals surface area (Å²) in [5, 5.41) is 0. The van der Waals surface area contributed by atoms with Gasteiger partial charge in [0.1, 0.15) is 5.60 Å². The third-order valence-electron chi connectivity index (χ3n) is 4.38. The zero-order valence-electron chi connectivity index (χ0n) is 12.0. The first-order valence-corrected chi connectivity index (χ1v) is 6.94. The molecule has 2 aliphatic rings. The number of nitrogens with zero attached hydrogens (tertiary/aromatic N) is 1. The third-order valence-corrected chi connectivity index (χ3v) is 4.38. The normalized spacial score (nSPS) is 33.7. The van der Waals surface area contributed by atoms with E-state index in [1.165, 1.54) is 19.3 Å². The molecule has 2 nitrogen and oxygen atoms in total. The molecular weight excluding hydrogens is 210 g/mol. The minimum Gasteiger partial charge on any atom is -0.369 e. The van der Waals surface area contributed by atoms with Gasteiger partial charge in [-0.2, -0.15) is 0 Å². The minimum absolute atomic E-state index is 0.157. The summed E-state index contributed by atoms with van der Waals surface area (Å²) in [6.45, 7) is 11.2. The van der Waals surface area contributed by atoms with Crippen molar-refractivity contribution in [2.75, 3.05) is 20.2 Å². The van der Waals surface area contributed by atoms with E-state index in [1.54, 1.807) is 11.1 Å². The molecule has 1 aliphatic heterocycles. The summed E-state index contributed by atoms with van der Waals surface area (Å²) < 4.78 is 5.49. The Labute approximate surface area is 106 Å². The molecule has 0 spiro atoms. The highest BCUT2D eigenvalue weighted by Gasteiger charge is 2.41. The standard InChI is InChI=1S/C15H27NO/c1-11(2)14-7-6-13(8-12(14)3)16(5)9-15(4)10-17-15/h11,13H,6-10H2,1-5H3. The predicted molar refractivity (Wildman–Crippen MR) is 72.2 cm³/mol. The van der Waals surface area contributed by atoms with E-state index in [0.717, 1.165) is 25.1 Å². The molecule has 0 aromatic carbocycles. The quantitative estimate of drug-likeness (QED) is 0.551. The summed E-state index contributed by atoms with van der Waals surface area (Å²) >= 11 is 0. The zero-order chi connectivity index (χ0) is 12.6. The van der Waals surface area contributed by atoms with Crippen molar-refractivity contribution in [3.63, 3.8) is 0 Å². The van der Waals surface area contributed by atoms with Gasteiger partial charge in [-0.15, -0.1) is 0 Å². The van der Waals surface area contributed by atoms with Crippen LogP contribution in [0.3, 0.4) is 0 Å². The Bertz CT molecular complexity index is 315. The van der Waals surface area contributed by atoms with Crippen molar-refractivity contribution >= 4 is 0 Å². The molecule has 2 unspecified atom stereocenters. The van der Waals surface area contributed by atoms with Gasteiger partial charge in [0, 0.05) is 12.6 Å². The third kappa shape index (κ3) is 3.11. The summed E-state index contributed by atoms with van der Waals surface area (Å²) in [6, 6.07) is 0.721. The maximum Gasteiger partial charge on any atom is 0.101 e. The van der Waals surface area contributed by atoms with Crippen LogP contribution in [0.25, 0.3) is 0 Å². The molecule has 0 aromatic heterocycles. The number of allylic oxidation sites excluding steroid dienone is 1. The summed E-state index contributed by atoms with van der Waals surface area (Å²) in [7, 11) is 2.26. The average Bonchev–Trinajstić information content (AvgIpc) is 2.95. The highest BCUT2D eigenvalue weighted by atomic mass is 16.6. The second-order valence-corrected chi connectivity index (χ2v) is 6.51. The van der Waals surface area contributed by atoms with Crippen LogP contribution < -0.4 is 0 Å². The van der Waals surface area contributed by atoms with Crippen LogP contribution >= 0.6 is 0 Å². The Morgan fingerprint density at radius 3 is 2.59 bits per heavy atom. The molecular formula is C15H27NO. The molecule has 2 heteroatoms. The van der Waals surface area contributed by atoms with Gasteiger partial charge in [0.2, 0.25) is 0 Å². The van der Waals surface area contributed by atoms with Crippen molar-refractivity contribution in [1.82, 2.24) is 4.90 Å². The first-order chi connectivity index (χ1) is 7.91. The second kappa shape index (κ2) is 4.74. The highest BCUT2D eigenvalue weighted by Crippen LogP contribution is 2.34. The van der Waals surface area contributed by atoms with Crippen molar-refractivity contribution in [3.05, 3.63) is 11.1 Å². The van der Waals surface area contributed by atoms with Crippen molar-refractivity contribution in [1.29, 1.82) is 0 Å². The zero-order valence-corrected chi connectivity index (χ0v) is 12.0. The fraction of sp³-hybridized carbons (Fsp3) is 0.867. The van der Waals surface area contributed by atoms with Crippen LogP contribution in [0.2, 0.25) is 0 Å². The van der Waals surface area contributed by atoms with Gasteiger partial charge in [0.05, 0.1) is 6.61 Å². The molecule has 0 amide bonds. The van der Waals surface area contributed by atoms with E-state index in [4.69, 9.17) is 4.74 Å². The maximum absolute atomic E-state index is 5.49. The Morgan fingerprint density at radius 1 is 1.47 bits per heavy atom. The number of rotatable bonds is 4. The molecule has 0 radical (unpaired) electrons. The number of epoxide rings is 1. The SMILES string of the molecule is CC1=C(C(C)C)CCC(N(C)CC2(C)CO2)C1. The molecule has 98 valence electrons. The largest absolute Gasteiger partial charge is 0.369 e. The van der Waals surface area contributed by atoms with Crippen molar-refractivity contribution < 1.29 is 4.74 Å². The monoisotopic (exact) mass is 237 g/mol. The van der Waals surface area contributed by atoms with Gasteiger partial charge in [0.15, 0.2) is 0 Å². The van der Waals surface area contributed by atoms with Crippen LogP contribution in [-0.2, 0) is 4.74 Å². The summed E-state index contributed by atoms with van der Waals surface area (Å²) in [6.07, 6.45) is 3.85. The highest BCUT2D eigenvalue weighted by molar-refractivity contribution is 5.19. The number of hydrogen-bond donors (Lipinski definition) is 0. The van der Waals surface area contributed by atoms with Gasteiger partial charge in [0.25, 0.3) is 0 Å². The van der Waals surface area contributed by atoms with E-state index in [2.05, 4.69) is 39.6 Å². The van der Waals surface area contributed by atoms with Gasteiger partial charge >= 0.3 is 0 Å². The van der Waals surface area contributed by atoms with Crippen LogP contribution in [0, 0.1) is 5.92 Å². The Balaban J connectivity index is 1.92. The second-order valence-electron chi connectivity index (χ2n) is 6.51. The number of hydrogen-bond acceptors (Lipinski definition) is 2. The lowest BCUT2D eigenvalue weighted by Gasteiger charge is -2.35. The minimum atomic E-state index is 0.157. The van der Waals surface area contributed by atoms with E-state index in [9.17, 15) is 0 Å². The fourth-order valence-electron chi connectivity index (χ4n) is 3.15. The van der Waals surface area contributed by atoms with Crippen LogP contribution in [0.1, 0.15) is 47.0 Å². The van der Waals surface area contributed by atoms with Crippen molar-refractivity contribution in [2.45, 2.75) is 58.6 Å². The fourth-order valence-corrected chi connectivity index (χ4v) is 3.15. The van der Waals surface area contributed by atoms with Crippen LogP contribution in [0.5, 0.6) is 0 Å². The van der Waals surface area contributed by atoms with Crippen LogP contribution in [-0.4, -0.2) is 36.7 Å². The molecule has 0 saturated carbocycles. The molecule has 17 heavy (non-hydrogen) atoms. The molecule has 2 rings (SSSR count). The summed E-state index contributed by atoms with van der Waals surface area (Å²) in [5.41, 5.74) is 3.48. The number of likely N-dealkylation sites (N-methyl/N-ethyl adjacent to an activating group) is 1. The lowest BCUT2D eigenvalue weighted by atomic mass is 9.83. The Kier molecular flexibility index (Phi) is 3.65. The molecule has 0 bridgehead atoms.